The summed E-state index contributed by atoms with van der Waals surface area (Å²) in [5, 5.41) is 2.92. The molecule has 1 fully saturated rings. The molecule has 0 radical (unpaired) electrons. The maximum absolute atomic E-state index is 11.9. The lowest BCUT2D eigenvalue weighted by atomic mass is 10.0. The first-order chi connectivity index (χ1) is 8.70. The van der Waals surface area contributed by atoms with Crippen molar-refractivity contribution in [3.8, 4) is 0 Å². The molecule has 0 saturated carbocycles. The summed E-state index contributed by atoms with van der Waals surface area (Å²) in [5.41, 5.74) is 5.44. The van der Waals surface area contributed by atoms with Gasteiger partial charge in [0.05, 0.1) is 6.54 Å². The van der Waals surface area contributed by atoms with E-state index in [2.05, 4.69) is 17.3 Å². The minimum absolute atomic E-state index is 0.159. The fourth-order valence-corrected chi connectivity index (χ4v) is 2.31. The lowest BCUT2D eigenvalue weighted by molar-refractivity contribution is 0.0899. The number of likely N-dealkylation sites (N-methyl/N-ethyl adjacent to an activating group) is 1. The summed E-state index contributed by atoms with van der Waals surface area (Å²) in [6.45, 7) is 2.10. The number of nitrogens with one attached hydrogen (secondary N) is 1. The fraction of sp³-hybridized carbons (Fsp3) is 0.615. The number of carbonyl (C=O) groups is 1. The molecule has 0 aliphatic carbocycles. The SMILES string of the molecule is CN1CCCCC1CNC(=O)c1ccc(CN)o1. The van der Waals surface area contributed by atoms with Gasteiger partial charge in [-0.25, -0.2) is 0 Å². The van der Waals surface area contributed by atoms with Crippen LogP contribution in [-0.4, -0.2) is 37.0 Å². The molecule has 1 unspecified atom stereocenters. The van der Waals surface area contributed by atoms with E-state index in [-0.39, 0.29) is 5.91 Å². The lowest BCUT2D eigenvalue weighted by Crippen LogP contribution is -2.44. The Labute approximate surface area is 107 Å². The zero-order valence-electron chi connectivity index (χ0n) is 10.8. The molecule has 100 valence electrons. The standard InChI is InChI=1S/C13H21N3O2/c1-16-7-3-2-4-10(16)9-15-13(17)12-6-5-11(8-14)18-12/h5-6,10H,2-4,7-9,14H2,1H3,(H,15,17). The molecule has 1 aromatic heterocycles. The minimum Gasteiger partial charge on any atom is -0.455 e. The van der Waals surface area contributed by atoms with E-state index in [1.807, 2.05) is 0 Å². The van der Waals surface area contributed by atoms with Crippen molar-refractivity contribution in [2.24, 2.45) is 5.73 Å². The van der Waals surface area contributed by atoms with Gasteiger partial charge in [0.1, 0.15) is 5.76 Å². The molecule has 1 saturated heterocycles. The van der Waals surface area contributed by atoms with Gasteiger partial charge in [-0.1, -0.05) is 6.42 Å². The van der Waals surface area contributed by atoms with Gasteiger partial charge in [-0.2, -0.15) is 0 Å². The third-order valence-electron chi connectivity index (χ3n) is 3.51. The molecule has 18 heavy (non-hydrogen) atoms. The van der Waals surface area contributed by atoms with Gasteiger partial charge in [-0.05, 0) is 38.6 Å². The molecule has 2 heterocycles. The quantitative estimate of drug-likeness (QED) is 0.836. The van der Waals surface area contributed by atoms with Crippen molar-refractivity contribution >= 4 is 5.91 Å². The molecular formula is C13H21N3O2. The number of hydrogen-bond donors (Lipinski definition) is 2. The van der Waals surface area contributed by atoms with E-state index in [4.69, 9.17) is 10.2 Å². The van der Waals surface area contributed by atoms with Crippen molar-refractivity contribution in [2.45, 2.75) is 31.8 Å². The van der Waals surface area contributed by atoms with Gasteiger partial charge in [0, 0.05) is 12.6 Å². The molecule has 1 aliphatic rings. The highest BCUT2D eigenvalue weighted by molar-refractivity contribution is 5.91. The van der Waals surface area contributed by atoms with Gasteiger partial charge in [0.2, 0.25) is 0 Å². The zero-order valence-corrected chi connectivity index (χ0v) is 10.8. The van der Waals surface area contributed by atoms with Crippen LogP contribution >= 0.6 is 0 Å². The van der Waals surface area contributed by atoms with E-state index >= 15 is 0 Å². The summed E-state index contributed by atoms with van der Waals surface area (Å²) in [6.07, 6.45) is 3.63. The van der Waals surface area contributed by atoms with Crippen molar-refractivity contribution in [1.29, 1.82) is 0 Å². The van der Waals surface area contributed by atoms with Gasteiger partial charge >= 0.3 is 0 Å². The average Bonchev–Trinajstić information content (AvgIpc) is 2.86. The molecule has 2 rings (SSSR count). The first-order valence-corrected chi connectivity index (χ1v) is 6.48. The van der Waals surface area contributed by atoms with Crippen LogP contribution in [0.1, 0.15) is 35.6 Å². The monoisotopic (exact) mass is 251 g/mol. The molecule has 0 spiro atoms. The fourth-order valence-electron chi connectivity index (χ4n) is 2.31. The third-order valence-corrected chi connectivity index (χ3v) is 3.51. The Morgan fingerprint density at radius 3 is 3.06 bits per heavy atom. The summed E-state index contributed by atoms with van der Waals surface area (Å²) in [5.74, 6) is 0.817. The van der Waals surface area contributed by atoms with Crippen molar-refractivity contribution in [1.82, 2.24) is 10.2 Å². The van der Waals surface area contributed by atoms with E-state index in [0.717, 1.165) is 13.0 Å². The van der Waals surface area contributed by atoms with Gasteiger partial charge < -0.3 is 20.4 Å². The minimum atomic E-state index is -0.159. The van der Waals surface area contributed by atoms with Crippen LogP contribution in [0.5, 0.6) is 0 Å². The number of hydrogen-bond acceptors (Lipinski definition) is 4. The molecule has 5 nitrogen and oxygen atoms in total. The van der Waals surface area contributed by atoms with Crippen LogP contribution in [0.25, 0.3) is 0 Å². The number of carbonyl (C=O) groups excluding carboxylic acids is 1. The van der Waals surface area contributed by atoms with Crippen LogP contribution in [0.2, 0.25) is 0 Å². The molecule has 1 atom stereocenters. The van der Waals surface area contributed by atoms with Crippen LogP contribution in [0, 0.1) is 0 Å². The topological polar surface area (TPSA) is 71.5 Å². The molecular weight excluding hydrogens is 230 g/mol. The Hall–Kier alpha value is -1.33. The Bertz CT molecular complexity index is 403. The molecule has 0 bridgehead atoms. The Kier molecular flexibility index (Phi) is 4.38. The van der Waals surface area contributed by atoms with Gasteiger partial charge in [0.25, 0.3) is 5.91 Å². The van der Waals surface area contributed by atoms with Crippen LogP contribution in [0.4, 0.5) is 0 Å². The third kappa shape index (κ3) is 3.11. The van der Waals surface area contributed by atoms with Gasteiger partial charge in [0.15, 0.2) is 5.76 Å². The number of nitrogens with two attached hydrogens (primary N) is 1. The first-order valence-electron chi connectivity index (χ1n) is 6.48. The van der Waals surface area contributed by atoms with Gasteiger partial charge in [-0.15, -0.1) is 0 Å². The number of likely N-dealkylation sites (tertiary alicyclic amines) is 1. The second kappa shape index (κ2) is 6.02. The van der Waals surface area contributed by atoms with E-state index in [0.29, 0.717) is 30.7 Å². The maximum atomic E-state index is 11.9. The molecule has 1 aromatic rings. The Balaban J connectivity index is 1.84. The normalized spacial score (nSPS) is 20.9. The molecule has 1 aliphatic heterocycles. The molecule has 0 aromatic carbocycles. The van der Waals surface area contributed by atoms with E-state index < -0.39 is 0 Å². The largest absolute Gasteiger partial charge is 0.455 e. The number of amides is 1. The Morgan fingerprint density at radius 1 is 1.56 bits per heavy atom. The summed E-state index contributed by atoms with van der Waals surface area (Å²) in [6, 6.07) is 3.84. The predicted molar refractivity (Wildman–Crippen MR) is 69.2 cm³/mol. The summed E-state index contributed by atoms with van der Waals surface area (Å²) >= 11 is 0. The number of nitrogens with zero attached hydrogens (tertiary/aromatic N) is 1. The molecule has 3 N–H and O–H groups in total. The Morgan fingerprint density at radius 2 is 2.39 bits per heavy atom. The number of furan rings is 1. The second-order valence-electron chi connectivity index (χ2n) is 4.81. The van der Waals surface area contributed by atoms with E-state index in [9.17, 15) is 4.79 Å². The van der Waals surface area contributed by atoms with E-state index in [1.165, 1.54) is 12.8 Å². The van der Waals surface area contributed by atoms with Crippen LogP contribution in [0.15, 0.2) is 16.5 Å². The number of rotatable bonds is 4. The highest BCUT2D eigenvalue weighted by Gasteiger charge is 2.20. The molecule has 5 heteroatoms. The predicted octanol–water partition coefficient (Wildman–Crippen LogP) is 0.952. The molecule has 1 amide bonds. The maximum Gasteiger partial charge on any atom is 0.287 e. The van der Waals surface area contributed by atoms with Crippen LogP contribution in [0.3, 0.4) is 0 Å². The average molecular weight is 251 g/mol. The van der Waals surface area contributed by atoms with Crippen molar-refractivity contribution in [3.63, 3.8) is 0 Å². The van der Waals surface area contributed by atoms with Crippen molar-refractivity contribution in [2.75, 3.05) is 20.1 Å². The highest BCUT2D eigenvalue weighted by atomic mass is 16.4. The summed E-state index contributed by atoms with van der Waals surface area (Å²) in [4.78, 5) is 14.2. The van der Waals surface area contributed by atoms with Crippen molar-refractivity contribution in [3.05, 3.63) is 23.7 Å². The smallest absolute Gasteiger partial charge is 0.287 e. The summed E-state index contributed by atoms with van der Waals surface area (Å²) in [7, 11) is 2.11. The first kappa shape index (κ1) is 13.1. The van der Waals surface area contributed by atoms with Gasteiger partial charge in [-0.3, -0.25) is 4.79 Å². The zero-order chi connectivity index (χ0) is 13.0. The number of piperidine rings is 1. The second-order valence-corrected chi connectivity index (χ2v) is 4.81. The van der Waals surface area contributed by atoms with Crippen molar-refractivity contribution < 1.29 is 9.21 Å². The highest BCUT2D eigenvalue weighted by Crippen LogP contribution is 2.14. The van der Waals surface area contributed by atoms with Crippen LogP contribution < -0.4 is 11.1 Å². The van der Waals surface area contributed by atoms with Crippen LogP contribution in [-0.2, 0) is 6.54 Å². The van der Waals surface area contributed by atoms with E-state index in [1.54, 1.807) is 12.1 Å². The summed E-state index contributed by atoms with van der Waals surface area (Å²) < 4.78 is 5.31. The lowest BCUT2D eigenvalue weighted by Gasteiger charge is -2.32.